The molecule has 0 aliphatic carbocycles. The number of fused-ring (bicyclic) bond motifs is 1. The molecule has 1 aliphatic heterocycles. The van der Waals surface area contributed by atoms with E-state index in [2.05, 4.69) is 36.1 Å². The Kier molecular flexibility index (Phi) is 4.56. The molecular formula is C17H23N3S. The molecule has 0 radical (unpaired) electrons. The highest BCUT2D eigenvalue weighted by atomic mass is 32.1. The molecule has 0 amide bonds. The van der Waals surface area contributed by atoms with Gasteiger partial charge in [0.05, 0.1) is 5.69 Å². The van der Waals surface area contributed by atoms with E-state index in [9.17, 15) is 0 Å². The minimum atomic E-state index is 0.609. The van der Waals surface area contributed by atoms with Crippen LogP contribution in [0.15, 0.2) is 24.3 Å². The van der Waals surface area contributed by atoms with Gasteiger partial charge in [-0.1, -0.05) is 37.6 Å². The van der Waals surface area contributed by atoms with Crippen LogP contribution in [0.2, 0.25) is 0 Å². The molecule has 1 aliphatic rings. The minimum absolute atomic E-state index is 0.609. The lowest BCUT2D eigenvalue weighted by atomic mass is 10.0. The Labute approximate surface area is 130 Å². The van der Waals surface area contributed by atoms with Gasteiger partial charge in [-0.15, -0.1) is 11.3 Å². The molecule has 0 fully saturated rings. The van der Waals surface area contributed by atoms with E-state index in [4.69, 9.17) is 10.7 Å². The summed E-state index contributed by atoms with van der Waals surface area (Å²) in [6, 6.07) is 8.79. The van der Waals surface area contributed by atoms with Gasteiger partial charge in [0.15, 0.2) is 5.13 Å². The first-order valence-electron chi connectivity index (χ1n) is 7.82. The van der Waals surface area contributed by atoms with E-state index in [1.807, 2.05) is 0 Å². The zero-order valence-corrected chi connectivity index (χ0v) is 13.5. The summed E-state index contributed by atoms with van der Waals surface area (Å²) in [5.74, 6) is 0. The predicted octanol–water partition coefficient (Wildman–Crippen LogP) is 3.51. The molecule has 0 atom stereocenters. The summed E-state index contributed by atoms with van der Waals surface area (Å²) in [6.07, 6.45) is 4.52. The van der Waals surface area contributed by atoms with Gasteiger partial charge in [0.1, 0.15) is 0 Å². The van der Waals surface area contributed by atoms with E-state index in [-0.39, 0.29) is 0 Å². The monoisotopic (exact) mass is 301 g/mol. The quantitative estimate of drug-likeness (QED) is 0.939. The lowest BCUT2D eigenvalue weighted by Gasteiger charge is -2.19. The molecule has 3 rings (SSSR count). The van der Waals surface area contributed by atoms with Crippen LogP contribution in [0.3, 0.4) is 0 Å². The second-order valence-corrected chi connectivity index (χ2v) is 6.68. The molecule has 4 heteroatoms. The standard InChI is InChI=1S/C17H23N3S/c1-2-6-15-16(11-18)21-17(19-15)20-10-5-9-13-7-3-4-8-14(13)12-20/h3-4,7-8H,2,5-6,9-12,18H2,1H3. The first-order valence-corrected chi connectivity index (χ1v) is 8.63. The molecule has 1 aromatic heterocycles. The van der Waals surface area contributed by atoms with Crippen molar-refractivity contribution in [3.8, 4) is 0 Å². The van der Waals surface area contributed by atoms with Crippen LogP contribution in [0.25, 0.3) is 0 Å². The zero-order chi connectivity index (χ0) is 14.7. The van der Waals surface area contributed by atoms with Gasteiger partial charge >= 0.3 is 0 Å². The molecule has 1 aromatic carbocycles. The smallest absolute Gasteiger partial charge is 0.186 e. The zero-order valence-electron chi connectivity index (χ0n) is 12.6. The topological polar surface area (TPSA) is 42.2 Å². The van der Waals surface area contributed by atoms with Crippen LogP contribution in [0.5, 0.6) is 0 Å². The maximum absolute atomic E-state index is 5.88. The van der Waals surface area contributed by atoms with Crippen LogP contribution in [0, 0.1) is 0 Å². The van der Waals surface area contributed by atoms with Crippen molar-refractivity contribution in [3.05, 3.63) is 46.0 Å². The molecular weight excluding hydrogens is 278 g/mol. The molecule has 21 heavy (non-hydrogen) atoms. The Bertz CT molecular complexity index is 606. The second-order valence-electron chi connectivity index (χ2n) is 5.61. The van der Waals surface area contributed by atoms with Crippen molar-refractivity contribution >= 4 is 16.5 Å². The van der Waals surface area contributed by atoms with E-state index in [1.54, 1.807) is 11.3 Å². The van der Waals surface area contributed by atoms with E-state index in [1.165, 1.54) is 34.5 Å². The first-order chi connectivity index (χ1) is 10.3. The Morgan fingerprint density at radius 2 is 2.10 bits per heavy atom. The van der Waals surface area contributed by atoms with Crippen molar-refractivity contribution in [1.82, 2.24) is 4.98 Å². The second kappa shape index (κ2) is 6.58. The Hall–Kier alpha value is -1.39. The summed E-state index contributed by atoms with van der Waals surface area (Å²) in [7, 11) is 0. The average Bonchev–Trinajstić information content (AvgIpc) is 2.78. The molecule has 112 valence electrons. The van der Waals surface area contributed by atoms with Crippen molar-refractivity contribution in [2.24, 2.45) is 5.73 Å². The number of nitrogens with zero attached hydrogens (tertiary/aromatic N) is 2. The third-order valence-electron chi connectivity index (χ3n) is 4.06. The number of hydrogen-bond donors (Lipinski definition) is 1. The SMILES string of the molecule is CCCc1nc(N2CCCc3ccccc3C2)sc1CN. The largest absolute Gasteiger partial charge is 0.344 e. The maximum Gasteiger partial charge on any atom is 0.186 e. The van der Waals surface area contributed by atoms with Gasteiger partial charge in [-0.2, -0.15) is 0 Å². The lowest BCUT2D eigenvalue weighted by Crippen LogP contribution is -2.22. The number of rotatable bonds is 4. The molecule has 0 bridgehead atoms. The summed E-state index contributed by atoms with van der Waals surface area (Å²) in [5.41, 5.74) is 10.0. The summed E-state index contributed by atoms with van der Waals surface area (Å²) in [6.45, 7) is 4.86. The van der Waals surface area contributed by atoms with Crippen molar-refractivity contribution < 1.29 is 0 Å². The first kappa shape index (κ1) is 14.5. The molecule has 0 unspecified atom stereocenters. The maximum atomic E-state index is 5.88. The molecule has 2 N–H and O–H groups in total. The van der Waals surface area contributed by atoms with Crippen LogP contribution in [0.4, 0.5) is 5.13 Å². The summed E-state index contributed by atoms with van der Waals surface area (Å²) in [4.78, 5) is 8.55. The number of hydrogen-bond acceptors (Lipinski definition) is 4. The van der Waals surface area contributed by atoms with Gasteiger partial charge in [-0.05, 0) is 30.4 Å². The predicted molar refractivity (Wildman–Crippen MR) is 89.8 cm³/mol. The number of aryl methyl sites for hydroxylation is 2. The fourth-order valence-corrected chi connectivity index (χ4v) is 3.97. The average molecular weight is 301 g/mol. The van der Waals surface area contributed by atoms with Crippen molar-refractivity contribution in [2.45, 2.75) is 45.7 Å². The highest BCUT2D eigenvalue weighted by Gasteiger charge is 2.19. The highest BCUT2D eigenvalue weighted by molar-refractivity contribution is 7.15. The van der Waals surface area contributed by atoms with Gasteiger partial charge in [-0.25, -0.2) is 4.98 Å². The Balaban J connectivity index is 1.87. The van der Waals surface area contributed by atoms with Gasteiger partial charge in [0.2, 0.25) is 0 Å². The third kappa shape index (κ3) is 3.11. The van der Waals surface area contributed by atoms with Crippen molar-refractivity contribution in [3.63, 3.8) is 0 Å². The molecule has 2 aromatic rings. The molecule has 3 nitrogen and oxygen atoms in total. The Morgan fingerprint density at radius 3 is 2.86 bits per heavy atom. The summed E-state index contributed by atoms with van der Waals surface area (Å²) in [5, 5.41) is 1.15. The number of thiazole rings is 1. The molecule has 0 saturated heterocycles. The van der Waals surface area contributed by atoms with E-state index < -0.39 is 0 Å². The van der Waals surface area contributed by atoms with E-state index >= 15 is 0 Å². The van der Waals surface area contributed by atoms with Crippen LogP contribution in [-0.4, -0.2) is 11.5 Å². The van der Waals surface area contributed by atoms with E-state index in [0.717, 1.165) is 31.1 Å². The van der Waals surface area contributed by atoms with Crippen molar-refractivity contribution in [2.75, 3.05) is 11.4 Å². The van der Waals surface area contributed by atoms with Crippen LogP contribution >= 0.6 is 11.3 Å². The number of benzene rings is 1. The van der Waals surface area contributed by atoms with E-state index in [0.29, 0.717) is 6.54 Å². The van der Waals surface area contributed by atoms with Gasteiger partial charge < -0.3 is 10.6 Å². The minimum Gasteiger partial charge on any atom is -0.344 e. The number of nitrogens with two attached hydrogens (primary N) is 1. The van der Waals surface area contributed by atoms with Gasteiger partial charge in [0, 0.05) is 24.5 Å². The van der Waals surface area contributed by atoms with Crippen LogP contribution in [0.1, 0.15) is 41.5 Å². The summed E-state index contributed by atoms with van der Waals surface area (Å²) >= 11 is 1.78. The summed E-state index contributed by atoms with van der Waals surface area (Å²) < 4.78 is 0. The number of anilines is 1. The molecule has 0 spiro atoms. The number of aromatic nitrogens is 1. The lowest BCUT2D eigenvalue weighted by molar-refractivity contribution is 0.758. The Morgan fingerprint density at radius 1 is 1.29 bits per heavy atom. The molecule has 2 heterocycles. The van der Waals surface area contributed by atoms with Gasteiger partial charge in [-0.3, -0.25) is 0 Å². The van der Waals surface area contributed by atoms with Gasteiger partial charge in [0.25, 0.3) is 0 Å². The fraction of sp³-hybridized carbons (Fsp3) is 0.471. The van der Waals surface area contributed by atoms with Crippen LogP contribution in [-0.2, 0) is 25.9 Å². The highest BCUT2D eigenvalue weighted by Crippen LogP contribution is 2.30. The third-order valence-corrected chi connectivity index (χ3v) is 5.24. The fourth-order valence-electron chi connectivity index (χ4n) is 2.96. The normalized spacial score (nSPS) is 14.9. The van der Waals surface area contributed by atoms with Crippen molar-refractivity contribution in [1.29, 1.82) is 0 Å². The molecule has 0 saturated carbocycles. The van der Waals surface area contributed by atoms with Crippen LogP contribution < -0.4 is 10.6 Å².